The molecule has 0 unspecified atom stereocenters. The number of carbonyl (C=O) groups excluding carboxylic acids is 1. The second-order valence-corrected chi connectivity index (χ2v) is 9.12. The quantitative estimate of drug-likeness (QED) is 0.704. The summed E-state index contributed by atoms with van der Waals surface area (Å²) in [6.45, 7) is 0.969. The summed E-state index contributed by atoms with van der Waals surface area (Å²) in [5.41, 5.74) is 0.718. The van der Waals surface area contributed by atoms with Gasteiger partial charge in [0.05, 0.1) is 12.0 Å². The van der Waals surface area contributed by atoms with Gasteiger partial charge in [0.2, 0.25) is 10.0 Å². The Kier molecular flexibility index (Phi) is 6.58. The minimum absolute atomic E-state index is 0.182. The van der Waals surface area contributed by atoms with Crippen LogP contribution < -0.4 is 14.8 Å². The summed E-state index contributed by atoms with van der Waals surface area (Å²) in [5, 5.41) is 2.85. The summed E-state index contributed by atoms with van der Waals surface area (Å²) in [4.78, 5) is 14.3. The van der Waals surface area contributed by atoms with E-state index in [2.05, 4.69) is 26.0 Å². The normalized spacial score (nSPS) is 15.3. The number of hydrogen-bond acceptors (Lipinski definition) is 4. The molecular weight excluding hydrogens is 446 g/mol. The molecule has 0 radical (unpaired) electrons. The number of nitrogens with zero attached hydrogens (tertiary/aromatic N) is 1. The van der Waals surface area contributed by atoms with Gasteiger partial charge in [-0.1, -0.05) is 15.9 Å². The van der Waals surface area contributed by atoms with Crippen LogP contribution in [-0.4, -0.2) is 45.6 Å². The number of halogens is 1. The number of hydrogen-bond donors (Lipinski definition) is 2. The van der Waals surface area contributed by atoms with E-state index in [1.807, 2.05) is 24.3 Å². The second-order valence-electron chi connectivity index (χ2n) is 6.50. The minimum atomic E-state index is -3.60. The average molecular weight is 468 g/mol. The predicted molar refractivity (Wildman–Crippen MR) is 111 cm³/mol. The van der Waals surface area contributed by atoms with Crippen LogP contribution in [0.1, 0.15) is 12.8 Å². The molecule has 0 saturated carbocycles. The highest BCUT2D eigenvalue weighted by molar-refractivity contribution is 9.10. The smallest absolute Gasteiger partial charge is 0.321 e. The molecule has 1 aliphatic rings. The van der Waals surface area contributed by atoms with Crippen LogP contribution in [-0.2, 0) is 10.0 Å². The Balaban J connectivity index is 1.52. The fraction of sp³-hybridized carbons (Fsp3) is 0.316. The molecule has 28 heavy (non-hydrogen) atoms. The molecule has 0 bridgehead atoms. The Bertz CT molecular complexity index is 909. The number of ether oxygens (including phenoxy) is 1. The Morgan fingerprint density at radius 2 is 1.68 bits per heavy atom. The maximum Gasteiger partial charge on any atom is 0.321 e. The Morgan fingerprint density at radius 3 is 2.25 bits per heavy atom. The number of urea groups is 1. The van der Waals surface area contributed by atoms with Crippen LogP contribution >= 0.6 is 15.9 Å². The minimum Gasteiger partial charge on any atom is -0.497 e. The van der Waals surface area contributed by atoms with E-state index in [-0.39, 0.29) is 17.0 Å². The standard InChI is InChI=1S/C19H22BrN3O4S/c1-27-17-6-8-18(9-7-17)28(25,26)22-16-10-12-23(13-11-16)19(24)21-15-4-2-14(20)3-5-15/h2-9,16,22H,10-13H2,1H3,(H,21,24). The number of sulfonamides is 1. The van der Waals surface area contributed by atoms with Crippen LogP contribution in [0.3, 0.4) is 0 Å². The van der Waals surface area contributed by atoms with Crippen molar-refractivity contribution < 1.29 is 17.9 Å². The number of methoxy groups -OCH3 is 1. The third-order valence-corrected chi connectivity index (χ3v) is 6.63. The zero-order valence-corrected chi connectivity index (χ0v) is 17.8. The molecule has 0 atom stereocenters. The molecule has 2 aromatic rings. The fourth-order valence-corrected chi connectivity index (χ4v) is 4.55. The SMILES string of the molecule is COc1ccc(S(=O)(=O)NC2CCN(C(=O)Nc3ccc(Br)cc3)CC2)cc1. The zero-order valence-electron chi connectivity index (χ0n) is 15.4. The monoisotopic (exact) mass is 467 g/mol. The molecule has 3 rings (SSSR count). The van der Waals surface area contributed by atoms with E-state index in [1.165, 1.54) is 19.2 Å². The van der Waals surface area contributed by atoms with Crippen molar-refractivity contribution >= 4 is 37.7 Å². The molecule has 0 spiro atoms. The van der Waals surface area contributed by atoms with Crippen molar-refractivity contribution in [3.05, 3.63) is 53.0 Å². The largest absolute Gasteiger partial charge is 0.497 e. The van der Waals surface area contributed by atoms with Crippen molar-refractivity contribution in [3.8, 4) is 5.75 Å². The highest BCUT2D eigenvalue weighted by Crippen LogP contribution is 2.19. The number of likely N-dealkylation sites (tertiary alicyclic amines) is 1. The van der Waals surface area contributed by atoms with Gasteiger partial charge >= 0.3 is 6.03 Å². The van der Waals surface area contributed by atoms with Crippen LogP contribution in [0.25, 0.3) is 0 Å². The zero-order chi connectivity index (χ0) is 20.1. The molecule has 1 saturated heterocycles. The van der Waals surface area contributed by atoms with Gasteiger partial charge in [0, 0.05) is 29.3 Å². The second kappa shape index (κ2) is 8.93. The van der Waals surface area contributed by atoms with E-state index >= 15 is 0 Å². The van der Waals surface area contributed by atoms with Crippen molar-refractivity contribution in [2.45, 2.75) is 23.8 Å². The van der Waals surface area contributed by atoms with E-state index in [1.54, 1.807) is 17.0 Å². The highest BCUT2D eigenvalue weighted by atomic mass is 79.9. The van der Waals surface area contributed by atoms with Crippen LogP contribution in [0.15, 0.2) is 57.9 Å². The Morgan fingerprint density at radius 1 is 1.07 bits per heavy atom. The molecule has 2 aromatic carbocycles. The van der Waals surface area contributed by atoms with E-state index in [0.29, 0.717) is 31.7 Å². The van der Waals surface area contributed by atoms with E-state index in [0.717, 1.165) is 10.2 Å². The van der Waals surface area contributed by atoms with Crippen LogP contribution in [0.4, 0.5) is 10.5 Å². The first-order valence-electron chi connectivity index (χ1n) is 8.85. The Hall–Kier alpha value is -2.10. The molecule has 9 heteroatoms. The van der Waals surface area contributed by atoms with E-state index < -0.39 is 10.0 Å². The van der Waals surface area contributed by atoms with Gasteiger partial charge < -0.3 is 15.0 Å². The number of nitrogens with one attached hydrogen (secondary N) is 2. The molecule has 2 N–H and O–H groups in total. The van der Waals surface area contributed by atoms with Gasteiger partial charge in [0.1, 0.15) is 5.75 Å². The molecule has 7 nitrogen and oxygen atoms in total. The first kappa shape index (κ1) is 20.6. The number of piperidine rings is 1. The molecule has 1 aliphatic heterocycles. The first-order valence-corrected chi connectivity index (χ1v) is 11.1. The third kappa shape index (κ3) is 5.24. The van der Waals surface area contributed by atoms with Crippen molar-refractivity contribution in [1.82, 2.24) is 9.62 Å². The number of rotatable bonds is 5. The lowest BCUT2D eigenvalue weighted by Crippen LogP contribution is -2.47. The van der Waals surface area contributed by atoms with E-state index in [9.17, 15) is 13.2 Å². The molecule has 1 fully saturated rings. The lowest BCUT2D eigenvalue weighted by atomic mass is 10.1. The molecule has 0 aromatic heterocycles. The van der Waals surface area contributed by atoms with Gasteiger partial charge in [-0.05, 0) is 61.4 Å². The summed E-state index contributed by atoms with van der Waals surface area (Å²) >= 11 is 3.36. The summed E-state index contributed by atoms with van der Waals surface area (Å²) < 4.78 is 33.8. The summed E-state index contributed by atoms with van der Waals surface area (Å²) in [7, 11) is -2.07. The highest BCUT2D eigenvalue weighted by Gasteiger charge is 2.26. The molecule has 2 amide bonds. The van der Waals surface area contributed by atoms with Crippen molar-refractivity contribution in [3.63, 3.8) is 0 Å². The lowest BCUT2D eigenvalue weighted by molar-refractivity contribution is 0.193. The first-order chi connectivity index (χ1) is 13.4. The predicted octanol–water partition coefficient (Wildman–Crippen LogP) is 3.43. The van der Waals surface area contributed by atoms with Crippen LogP contribution in [0.2, 0.25) is 0 Å². The van der Waals surface area contributed by atoms with Gasteiger partial charge in [-0.2, -0.15) is 0 Å². The van der Waals surface area contributed by atoms with Gasteiger partial charge in [-0.25, -0.2) is 17.9 Å². The molecule has 150 valence electrons. The number of anilines is 1. The fourth-order valence-electron chi connectivity index (χ4n) is 2.98. The molecule has 1 heterocycles. The number of benzene rings is 2. The summed E-state index contributed by atoms with van der Waals surface area (Å²) in [5.74, 6) is 0.601. The maximum atomic E-state index is 12.5. The topological polar surface area (TPSA) is 87.7 Å². The van der Waals surface area contributed by atoms with Crippen molar-refractivity contribution in [1.29, 1.82) is 0 Å². The molecule has 0 aliphatic carbocycles. The summed E-state index contributed by atoms with van der Waals surface area (Å²) in [6, 6.07) is 13.2. The lowest BCUT2D eigenvalue weighted by Gasteiger charge is -2.32. The summed E-state index contributed by atoms with van der Waals surface area (Å²) in [6.07, 6.45) is 1.12. The third-order valence-electron chi connectivity index (χ3n) is 4.57. The van der Waals surface area contributed by atoms with Crippen LogP contribution in [0.5, 0.6) is 5.75 Å². The van der Waals surface area contributed by atoms with Crippen LogP contribution in [0, 0.1) is 0 Å². The van der Waals surface area contributed by atoms with Crippen molar-refractivity contribution in [2.75, 3.05) is 25.5 Å². The Labute approximate surface area is 173 Å². The number of carbonyl (C=O) groups is 1. The van der Waals surface area contributed by atoms with Gasteiger partial charge in [-0.3, -0.25) is 0 Å². The molecular formula is C19H22BrN3O4S. The van der Waals surface area contributed by atoms with E-state index in [4.69, 9.17) is 4.74 Å². The number of amides is 2. The van der Waals surface area contributed by atoms with Crippen molar-refractivity contribution in [2.24, 2.45) is 0 Å². The average Bonchev–Trinajstić information content (AvgIpc) is 2.70. The maximum absolute atomic E-state index is 12.5. The van der Waals surface area contributed by atoms with Gasteiger partial charge in [0.25, 0.3) is 0 Å². The van der Waals surface area contributed by atoms with Gasteiger partial charge in [-0.15, -0.1) is 0 Å². The van der Waals surface area contributed by atoms with Gasteiger partial charge in [0.15, 0.2) is 0 Å².